The first-order valence-corrected chi connectivity index (χ1v) is 9.22. The van der Waals surface area contributed by atoms with Crippen molar-refractivity contribution < 1.29 is 27.1 Å². The summed E-state index contributed by atoms with van der Waals surface area (Å²) in [6.07, 6.45) is -6.79. The molecule has 2 N–H and O–H groups in total. The number of urea groups is 1. The minimum atomic E-state index is -4.52. The Bertz CT molecular complexity index is 1020. The number of likely N-dealkylation sites (tertiary alicyclic amines) is 1. The van der Waals surface area contributed by atoms with Crippen LogP contribution in [-0.2, 0) is 17.5 Å². The molecule has 2 amide bonds. The quantitative estimate of drug-likeness (QED) is 0.614. The van der Waals surface area contributed by atoms with Crippen molar-refractivity contribution in [3.8, 4) is 0 Å². The first-order valence-electron chi connectivity index (χ1n) is 9.22. The fraction of sp³-hybridized carbons (Fsp3) is 0.300. The summed E-state index contributed by atoms with van der Waals surface area (Å²) in [7, 11) is 0. The molecule has 6 nitrogen and oxygen atoms in total. The highest BCUT2D eigenvalue weighted by molar-refractivity contribution is 5.89. The van der Waals surface area contributed by atoms with Gasteiger partial charge in [-0.15, -0.1) is 0 Å². The van der Waals surface area contributed by atoms with Crippen molar-refractivity contribution in [1.29, 1.82) is 0 Å². The summed E-state index contributed by atoms with van der Waals surface area (Å²) in [5.41, 5.74) is 0.705. The summed E-state index contributed by atoms with van der Waals surface area (Å²) in [6.45, 7) is -0.190. The zero-order chi connectivity index (χ0) is 21.3. The fourth-order valence-corrected chi connectivity index (χ4v) is 3.29. The summed E-state index contributed by atoms with van der Waals surface area (Å²) in [5, 5.41) is 2.38. The van der Waals surface area contributed by atoms with Crippen LogP contribution in [0.3, 0.4) is 0 Å². The number of para-hydroxylation sites is 2. The number of aromatic amines is 1. The normalized spacial score (nSPS) is 19.4. The molecule has 30 heavy (non-hydrogen) atoms. The Balaban J connectivity index is 1.34. The van der Waals surface area contributed by atoms with Crippen LogP contribution in [0.1, 0.15) is 11.4 Å². The number of nitrogens with one attached hydrogen (secondary N) is 2. The average molecular weight is 422 g/mol. The number of aromatic nitrogens is 2. The van der Waals surface area contributed by atoms with Crippen LogP contribution < -0.4 is 5.32 Å². The summed E-state index contributed by atoms with van der Waals surface area (Å²) in [4.78, 5) is 21.0. The molecule has 0 saturated carbocycles. The van der Waals surface area contributed by atoms with Gasteiger partial charge in [0.1, 0.15) is 24.7 Å². The zero-order valence-electron chi connectivity index (χ0n) is 15.6. The van der Waals surface area contributed by atoms with Gasteiger partial charge in [0.15, 0.2) is 0 Å². The topological polar surface area (TPSA) is 70.2 Å². The number of carbonyl (C=O) groups is 1. The summed E-state index contributed by atoms with van der Waals surface area (Å²) < 4.78 is 58.3. The van der Waals surface area contributed by atoms with Gasteiger partial charge in [0.25, 0.3) is 0 Å². The summed E-state index contributed by atoms with van der Waals surface area (Å²) in [5.74, 6) is 0.537. The van der Waals surface area contributed by atoms with Crippen molar-refractivity contribution in [2.24, 2.45) is 0 Å². The predicted octanol–water partition coefficient (Wildman–Crippen LogP) is 4.35. The smallest absolute Gasteiger partial charge is 0.365 e. The number of amides is 2. The molecule has 158 valence electrons. The van der Waals surface area contributed by atoms with Gasteiger partial charge in [-0.3, -0.25) is 0 Å². The average Bonchev–Trinajstić information content (AvgIpc) is 3.29. The molecule has 2 atom stereocenters. The SMILES string of the molecule is O=C(Nc1cccc(C(F)(F)F)c1)N1CC(F)C(OCc2nc3ccccc3[nH]2)C1. The van der Waals surface area contributed by atoms with Gasteiger partial charge >= 0.3 is 12.2 Å². The Morgan fingerprint density at radius 1 is 1.20 bits per heavy atom. The van der Waals surface area contributed by atoms with Crippen molar-refractivity contribution in [2.75, 3.05) is 18.4 Å². The molecule has 0 radical (unpaired) electrons. The molecule has 2 heterocycles. The number of anilines is 1. The zero-order valence-corrected chi connectivity index (χ0v) is 15.6. The Morgan fingerprint density at radius 2 is 2.00 bits per heavy atom. The predicted molar refractivity (Wildman–Crippen MR) is 102 cm³/mol. The van der Waals surface area contributed by atoms with Crippen molar-refractivity contribution in [2.45, 2.75) is 25.1 Å². The lowest BCUT2D eigenvalue weighted by Crippen LogP contribution is -2.34. The number of hydrogen-bond donors (Lipinski definition) is 2. The number of alkyl halides is 4. The minimum absolute atomic E-state index is 0.0168. The van der Waals surface area contributed by atoms with Gasteiger partial charge in [-0.1, -0.05) is 18.2 Å². The standard InChI is InChI=1S/C20H18F4N4O2/c21-14-9-28(19(29)25-13-5-3-4-12(8-13)20(22,23)24)10-17(14)30-11-18-26-15-6-1-2-7-16(15)27-18/h1-8,14,17H,9-11H2,(H,25,29)(H,26,27). The van der Waals surface area contributed by atoms with Crippen LogP contribution in [0.25, 0.3) is 11.0 Å². The van der Waals surface area contributed by atoms with E-state index < -0.39 is 30.0 Å². The molecule has 1 aliphatic heterocycles. The van der Waals surface area contributed by atoms with Gasteiger partial charge in [-0.2, -0.15) is 13.2 Å². The maximum atomic E-state index is 14.3. The molecule has 4 rings (SSSR count). The van der Waals surface area contributed by atoms with Crippen molar-refractivity contribution in [1.82, 2.24) is 14.9 Å². The van der Waals surface area contributed by atoms with E-state index in [2.05, 4.69) is 15.3 Å². The highest BCUT2D eigenvalue weighted by Crippen LogP contribution is 2.31. The van der Waals surface area contributed by atoms with Gasteiger partial charge in [0, 0.05) is 5.69 Å². The lowest BCUT2D eigenvalue weighted by Gasteiger charge is -2.17. The number of rotatable bonds is 4. The highest BCUT2D eigenvalue weighted by Gasteiger charge is 2.37. The molecule has 10 heteroatoms. The lowest BCUT2D eigenvalue weighted by molar-refractivity contribution is -0.137. The Hall–Kier alpha value is -3.14. The van der Waals surface area contributed by atoms with Crippen LogP contribution in [0, 0.1) is 0 Å². The van der Waals surface area contributed by atoms with Gasteiger partial charge in [0.05, 0.1) is 29.7 Å². The number of nitrogens with zero attached hydrogens (tertiary/aromatic N) is 2. The second kappa shape index (κ2) is 7.94. The van der Waals surface area contributed by atoms with Crippen LogP contribution in [-0.4, -0.2) is 46.3 Å². The number of ether oxygens (including phenoxy) is 1. The molecular formula is C20H18F4N4O2. The van der Waals surface area contributed by atoms with E-state index >= 15 is 0 Å². The maximum Gasteiger partial charge on any atom is 0.416 e. The number of H-pyrrole nitrogens is 1. The maximum absolute atomic E-state index is 14.3. The highest BCUT2D eigenvalue weighted by atomic mass is 19.4. The van der Waals surface area contributed by atoms with E-state index in [1.165, 1.54) is 17.0 Å². The molecule has 3 aromatic rings. The molecule has 0 aliphatic carbocycles. The molecule has 2 unspecified atom stereocenters. The van der Waals surface area contributed by atoms with Gasteiger partial charge in [-0.25, -0.2) is 14.2 Å². The second-order valence-electron chi connectivity index (χ2n) is 6.98. The molecule has 2 aromatic carbocycles. The van der Waals surface area contributed by atoms with E-state index in [0.29, 0.717) is 5.82 Å². The first-order chi connectivity index (χ1) is 14.3. The Morgan fingerprint density at radius 3 is 2.77 bits per heavy atom. The van der Waals surface area contributed by atoms with E-state index in [1.54, 1.807) is 0 Å². The minimum Gasteiger partial charge on any atom is -0.365 e. The monoisotopic (exact) mass is 422 g/mol. The third-order valence-corrected chi connectivity index (χ3v) is 4.80. The van der Waals surface area contributed by atoms with Gasteiger partial charge < -0.3 is 19.9 Å². The number of benzene rings is 2. The molecule has 0 spiro atoms. The number of fused-ring (bicyclic) bond motifs is 1. The Kier molecular flexibility index (Phi) is 5.33. The molecule has 1 fully saturated rings. The van der Waals surface area contributed by atoms with Crippen LogP contribution in [0.2, 0.25) is 0 Å². The van der Waals surface area contributed by atoms with Crippen LogP contribution in [0.15, 0.2) is 48.5 Å². The van der Waals surface area contributed by atoms with E-state index in [0.717, 1.165) is 23.2 Å². The number of carbonyl (C=O) groups excluding carboxylic acids is 1. The molecular weight excluding hydrogens is 404 g/mol. The molecule has 1 aliphatic rings. The summed E-state index contributed by atoms with van der Waals surface area (Å²) >= 11 is 0. The molecule has 0 bridgehead atoms. The molecule has 1 saturated heterocycles. The van der Waals surface area contributed by atoms with Crippen molar-refractivity contribution >= 4 is 22.8 Å². The van der Waals surface area contributed by atoms with E-state index in [9.17, 15) is 22.4 Å². The third-order valence-electron chi connectivity index (χ3n) is 4.80. The van der Waals surface area contributed by atoms with Crippen LogP contribution in [0.5, 0.6) is 0 Å². The Labute approximate surface area is 168 Å². The lowest BCUT2D eigenvalue weighted by atomic mass is 10.2. The van der Waals surface area contributed by atoms with Crippen molar-refractivity contribution in [3.05, 3.63) is 59.9 Å². The second-order valence-corrected chi connectivity index (χ2v) is 6.98. The fourth-order valence-electron chi connectivity index (χ4n) is 3.29. The van der Waals surface area contributed by atoms with E-state index in [-0.39, 0.29) is 25.4 Å². The van der Waals surface area contributed by atoms with E-state index in [4.69, 9.17) is 4.74 Å². The number of halogens is 4. The largest absolute Gasteiger partial charge is 0.416 e. The van der Waals surface area contributed by atoms with Gasteiger partial charge in [0.2, 0.25) is 0 Å². The first kappa shape index (κ1) is 20.1. The van der Waals surface area contributed by atoms with Gasteiger partial charge in [-0.05, 0) is 30.3 Å². The molecule has 1 aromatic heterocycles. The van der Waals surface area contributed by atoms with Crippen molar-refractivity contribution in [3.63, 3.8) is 0 Å². The van der Waals surface area contributed by atoms with E-state index in [1.807, 2.05) is 24.3 Å². The third kappa shape index (κ3) is 4.38. The number of hydrogen-bond acceptors (Lipinski definition) is 3. The number of imidazole rings is 1. The van der Waals surface area contributed by atoms with Crippen LogP contribution >= 0.6 is 0 Å². The summed E-state index contributed by atoms with van der Waals surface area (Å²) in [6, 6.07) is 11.0. The van der Waals surface area contributed by atoms with Crippen LogP contribution in [0.4, 0.5) is 28.0 Å².